The quantitative estimate of drug-likeness (QED) is 0.147. The van der Waals surface area contributed by atoms with Gasteiger partial charge in [0.05, 0.1) is 26.4 Å². The van der Waals surface area contributed by atoms with Crippen LogP contribution in [0.15, 0.2) is 54.6 Å². The zero-order valence-electron chi connectivity index (χ0n) is 26.6. The fourth-order valence-electron chi connectivity index (χ4n) is 5.30. The normalized spacial score (nSPS) is 13.2. The lowest BCUT2D eigenvalue weighted by Crippen LogP contribution is -2.47. The van der Waals surface area contributed by atoms with E-state index in [0.717, 1.165) is 33.4 Å². The maximum absolute atomic E-state index is 7.34. The van der Waals surface area contributed by atoms with Crippen molar-refractivity contribution in [2.24, 2.45) is 0 Å². The molecule has 41 heavy (non-hydrogen) atoms. The van der Waals surface area contributed by atoms with Crippen molar-refractivity contribution >= 4 is 39.2 Å². The Morgan fingerprint density at radius 1 is 0.463 bits per heavy atom. The van der Waals surface area contributed by atoms with Crippen molar-refractivity contribution in [3.8, 4) is 17.2 Å². The maximum Gasteiger partial charge on any atom is 0.360 e. The van der Waals surface area contributed by atoms with Crippen LogP contribution in [0.5, 0.6) is 17.2 Å². The average molecular weight is 636 g/mol. The molecule has 0 spiro atoms. The molecule has 0 aliphatic heterocycles. The van der Waals surface area contributed by atoms with Crippen molar-refractivity contribution in [3.05, 3.63) is 88.0 Å². The average Bonchev–Trinajstić information content (AvgIpc) is 2.86. The van der Waals surface area contributed by atoms with Crippen LogP contribution in [0.4, 0.5) is 0 Å². The van der Waals surface area contributed by atoms with Gasteiger partial charge in [-0.3, -0.25) is 0 Å². The first-order valence-corrected chi connectivity index (χ1v) is 18.9. The Morgan fingerprint density at radius 2 is 0.707 bits per heavy atom. The fraction of sp³-hybridized carbons (Fsp3) is 0.471. The molecule has 0 unspecified atom stereocenters. The molecule has 0 saturated heterocycles. The van der Waals surface area contributed by atoms with E-state index >= 15 is 0 Å². The molecular weight excluding hydrogens is 591 g/mol. The number of benzene rings is 3. The van der Waals surface area contributed by atoms with Crippen molar-refractivity contribution in [3.63, 3.8) is 0 Å². The van der Waals surface area contributed by atoms with Crippen LogP contribution in [0, 0.1) is 0 Å². The van der Waals surface area contributed by atoms with E-state index in [1.807, 2.05) is 18.2 Å². The lowest BCUT2D eigenvalue weighted by Gasteiger charge is -2.42. The van der Waals surface area contributed by atoms with Crippen molar-refractivity contribution in [1.82, 2.24) is 0 Å². The van der Waals surface area contributed by atoms with E-state index in [9.17, 15) is 0 Å². The molecule has 0 saturated carbocycles. The third-order valence-corrected chi connectivity index (χ3v) is 12.0. The molecule has 0 heterocycles. The summed E-state index contributed by atoms with van der Waals surface area (Å²) in [5.74, 6) is 1.92. The molecule has 0 atom stereocenters. The molecule has 3 aromatic carbocycles. The molecule has 0 amide bonds. The molecule has 0 fully saturated rings. The highest BCUT2D eigenvalue weighted by Gasteiger charge is 2.59. The Bertz CT molecular complexity index is 1230. The molecule has 0 radical (unpaired) electrons. The van der Waals surface area contributed by atoms with Crippen LogP contribution in [-0.4, -0.2) is 27.3 Å². The summed E-state index contributed by atoms with van der Waals surface area (Å²) in [6.07, 6.45) is 0. The summed E-state index contributed by atoms with van der Waals surface area (Å²) in [7, 11) is 4.99. The number of rotatable bonds is 7. The predicted molar refractivity (Wildman–Crippen MR) is 178 cm³/mol. The van der Waals surface area contributed by atoms with Crippen molar-refractivity contribution in [1.29, 1.82) is 0 Å². The van der Waals surface area contributed by atoms with Crippen molar-refractivity contribution in [2.75, 3.05) is 21.3 Å². The third kappa shape index (κ3) is 6.41. The summed E-state index contributed by atoms with van der Waals surface area (Å²) in [6, 6.07) is 14.8. The Kier molecular flexibility index (Phi) is 9.58. The first kappa shape index (κ1) is 33.6. The topological polar surface area (TPSA) is 27.7 Å². The molecule has 7 heteroatoms. The molecule has 0 N–H and O–H groups in total. The van der Waals surface area contributed by atoms with Crippen LogP contribution < -0.4 is 14.2 Å². The van der Waals surface area contributed by atoms with E-state index in [4.69, 9.17) is 47.4 Å². The van der Waals surface area contributed by atoms with Crippen LogP contribution in [0.3, 0.4) is 0 Å². The molecule has 0 bridgehead atoms. The summed E-state index contributed by atoms with van der Waals surface area (Å²) in [6.45, 7) is 19.5. The summed E-state index contributed by atoms with van der Waals surface area (Å²) >= 11 is 22.0. The van der Waals surface area contributed by atoms with Crippen LogP contribution >= 0.6 is 33.2 Å². The van der Waals surface area contributed by atoms with E-state index in [2.05, 4.69) is 98.7 Å². The first-order valence-electron chi connectivity index (χ1n) is 13.9. The number of hydrogen-bond donors (Lipinski definition) is 0. The Balaban J connectivity index is 2.64. The summed E-state index contributed by atoms with van der Waals surface area (Å²) in [5.41, 5.74) is 5.28. The molecule has 3 aromatic rings. The van der Waals surface area contributed by atoms with Gasteiger partial charge in [-0.05, 0) is 51.1 Å². The standard InChI is InChI=1S/C34H45Cl3O3Si/c1-31(2,3)22-13-16-25(28(19-22)38-10)34(41(35,36)37,26-17-14-23(32(4,5)6)20-29(26)39-11)27-18-15-24(33(7,8)9)21-30(27)40-12/h13-21H,1-12H3. The second kappa shape index (κ2) is 11.7. The molecule has 3 nitrogen and oxygen atoms in total. The minimum atomic E-state index is -3.82. The second-order valence-corrected chi connectivity index (χ2v) is 22.3. The van der Waals surface area contributed by atoms with E-state index in [-0.39, 0.29) is 16.2 Å². The highest BCUT2D eigenvalue weighted by Crippen LogP contribution is 2.59. The minimum absolute atomic E-state index is 0.107. The van der Waals surface area contributed by atoms with Crippen LogP contribution in [0.25, 0.3) is 0 Å². The van der Waals surface area contributed by atoms with E-state index < -0.39 is 11.0 Å². The van der Waals surface area contributed by atoms with Gasteiger partial charge in [0.25, 0.3) is 0 Å². The Morgan fingerprint density at radius 3 is 0.878 bits per heavy atom. The van der Waals surface area contributed by atoms with Crippen LogP contribution in [0.2, 0.25) is 0 Å². The predicted octanol–water partition coefficient (Wildman–Crippen LogP) is 10.1. The fourth-order valence-corrected chi connectivity index (χ4v) is 9.58. The second-order valence-electron chi connectivity index (χ2n) is 13.7. The number of hydrogen-bond acceptors (Lipinski definition) is 3. The van der Waals surface area contributed by atoms with Gasteiger partial charge in [0.1, 0.15) is 17.2 Å². The summed E-state index contributed by atoms with van der Waals surface area (Å²) in [5, 5.41) is -1.25. The number of ether oxygens (including phenoxy) is 3. The zero-order chi connectivity index (χ0) is 31.2. The highest BCUT2D eigenvalue weighted by molar-refractivity contribution is 7.66. The summed E-state index contributed by atoms with van der Waals surface area (Å²) in [4.78, 5) is 0. The molecule has 0 aliphatic carbocycles. The monoisotopic (exact) mass is 634 g/mol. The first-order chi connectivity index (χ1) is 18.7. The van der Waals surface area contributed by atoms with Crippen LogP contribution in [-0.2, 0) is 21.3 Å². The van der Waals surface area contributed by atoms with E-state index in [1.165, 1.54) is 0 Å². The van der Waals surface area contributed by atoms with E-state index in [1.54, 1.807) is 21.3 Å². The largest absolute Gasteiger partial charge is 0.496 e. The van der Waals surface area contributed by atoms with Gasteiger partial charge < -0.3 is 14.2 Å². The Hall–Kier alpha value is -1.85. The Labute approximate surface area is 262 Å². The third-order valence-electron chi connectivity index (χ3n) is 7.84. The number of halogens is 3. The molecule has 0 aliphatic rings. The lowest BCUT2D eigenvalue weighted by atomic mass is 9.77. The van der Waals surface area contributed by atoms with E-state index in [0.29, 0.717) is 17.2 Å². The zero-order valence-corrected chi connectivity index (χ0v) is 29.8. The van der Waals surface area contributed by atoms with Gasteiger partial charge in [-0.15, -0.1) is 33.2 Å². The molecule has 3 rings (SSSR count). The van der Waals surface area contributed by atoms with Gasteiger partial charge in [-0.2, -0.15) is 0 Å². The van der Waals surface area contributed by atoms with Gasteiger partial charge in [-0.1, -0.05) is 98.7 Å². The SMILES string of the molecule is COc1cc(C(C)(C)C)ccc1C(c1ccc(C(C)(C)C)cc1OC)(c1ccc(C(C)(C)C)cc1OC)[Si](Cl)(Cl)Cl. The smallest absolute Gasteiger partial charge is 0.360 e. The van der Waals surface area contributed by atoms with Gasteiger partial charge in [-0.25, -0.2) is 0 Å². The van der Waals surface area contributed by atoms with Crippen LogP contribution in [0.1, 0.15) is 95.7 Å². The molecule has 224 valence electrons. The number of methoxy groups -OCH3 is 3. The highest BCUT2D eigenvalue weighted by atomic mass is 35.8. The van der Waals surface area contributed by atoms with Crippen molar-refractivity contribution in [2.45, 2.75) is 83.6 Å². The maximum atomic E-state index is 7.34. The van der Waals surface area contributed by atoms with Gasteiger partial charge in [0, 0.05) is 16.7 Å². The van der Waals surface area contributed by atoms with Gasteiger partial charge >= 0.3 is 6.00 Å². The summed E-state index contributed by atoms with van der Waals surface area (Å²) < 4.78 is 18.3. The molecular formula is C34H45Cl3O3Si. The van der Waals surface area contributed by atoms with Gasteiger partial charge in [0.2, 0.25) is 0 Å². The van der Waals surface area contributed by atoms with Gasteiger partial charge in [0.15, 0.2) is 0 Å². The minimum Gasteiger partial charge on any atom is -0.496 e. The van der Waals surface area contributed by atoms with Crippen molar-refractivity contribution < 1.29 is 14.2 Å². The molecule has 0 aromatic heterocycles. The lowest BCUT2D eigenvalue weighted by molar-refractivity contribution is 0.389.